The fourth-order valence-corrected chi connectivity index (χ4v) is 3.25. The number of nitrogens with one attached hydrogen (secondary N) is 1. The normalized spacial score (nSPS) is 11.7. The second-order valence-corrected chi connectivity index (χ2v) is 6.92. The summed E-state index contributed by atoms with van der Waals surface area (Å²) < 4.78 is 42.9. The van der Waals surface area contributed by atoms with Gasteiger partial charge in [-0.2, -0.15) is 13.2 Å². The fourth-order valence-electron chi connectivity index (χ4n) is 2.23. The van der Waals surface area contributed by atoms with E-state index in [1.807, 2.05) is 0 Å². The third-order valence-electron chi connectivity index (χ3n) is 3.43. The van der Waals surface area contributed by atoms with Gasteiger partial charge in [-0.3, -0.25) is 14.2 Å². The van der Waals surface area contributed by atoms with Crippen LogP contribution in [0.3, 0.4) is 0 Å². The Morgan fingerprint density at radius 2 is 2.15 bits per heavy atom. The number of hydrogen-bond donors (Lipinski definition) is 1. The SMILES string of the molecule is COCCCn1c(SCC(=O)NCC(F)(F)F)nc2cc(Cl)ccc2c1=O. The summed E-state index contributed by atoms with van der Waals surface area (Å²) >= 11 is 6.82. The molecule has 2 aromatic rings. The molecule has 0 fully saturated rings. The van der Waals surface area contributed by atoms with Crippen LogP contribution >= 0.6 is 23.4 Å². The molecule has 1 heterocycles. The van der Waals surface area contributed by atoms with Crippen molar-refractivity contribution in [2.45, 2.75) is 24.3 Å². The van der Waals surface area contributed by atoms with Crippen molar-refractivity contribution in [3.63, 3.8) is 0 Å². The monoisotopic (exact) mass is 423 g/mol. The number of carbonyl (C=O) groups excluding carboxylic acids is 1. The van der Waals surface area contributed by atoms with E-state index in [1.165, 1.54) is 17.7 Å². The average molecular weight is 424 g/mol. The number of aromatic nitrogens is 2. The first-order valence-electron chi connectivity index (χ1n) is 7.86. The third kappa shape index (κ3) is 6.40. The molecule has 1 aromatic carbocycles. The zero-order chi connectivity index (χ0) is 20.0. The van der Waals surface area contributed by atoms with E-state index in [9.17, 15) is 22.8 Å². The zero-order valence-electron chi connectivity index (χ0n) is 14.3. The average Bonchev–Trinajstić information content (AvgIpc) is 2.59. The molecule has 0 bridgehead atoms. The van der Waals surface area contributed by atoms with E-state index >= 15 is 0 Å². The molecule has 0 atom stereocenters. The van der Waals surface area contributed by atoms with Crippen molar-refractivity contribution in [1.82, 2.24) is 14.9 Å². The molecule has 0 unspecified atom stereocenters. The fraction of sp³-hybridized carbons (Fsp3) is 0.438. The maximum atomic E-state index is 12.7. The predicted octanol–water partition coefficient (Wildman–Crippen LogP) is 2.86. The summed E-state index contributed by atoms with van der Waals surface area (Å²) in [6, 6.07) is 4.65. The highest BCUT2D eigenvalue weighted by Gasteiger charge is 2.27. The summed E-state index contributed by atoms with van der Waals surface area (Å²) in [6.07, 6.45) is -3.95. The van der Waals surface area contributed by atoms with E-state index < -0.39 is 18.6 Å². The highest BCUT2D eigenvalue weighted by atomic mass is 35.5. The maximum Gasteiger partial charge on any atom is 0.405 e. The summed E-state index contributed by atoms with van der Waals surface area (Å²) in [6.45, 7) is -0.695. The number of thioether (sulfide) groups is 1. The minimum Gasteiger partial charge on any atom is -0.385 e. The van der Waals surface area contributed by atoms with Crippen LogP contribution in [0.15, 0.2) is 28.2 Å². The Kier molecular flexibility index (Phi) is 7.51. The van der Waals surface area contributed by atoms with Crippen molar-refractivity contribution >= 4 is 40.2 Å². The molecule has 6 nitrogen and oxygen atoms in total. The number of fused-ring (bicyclic) bond motifs is 1. The van der Waals surface area contributed by atoms with Crippen LogP contribution in [0, 0.1) is 0 Å². The lowest BCUT2D eigenvalue weighted by molar-refractivity contribution is -0.136. The largest absolute Gasteiger partial charge is 0.405 e. The number of halogens is 4. The van der Waals surface area contributed by atoms with Gasteiger partial charge in [-0.25, -0.2) is 4.98 Å². The van der Waals surface area contributed by atoms with Crippen molar-refractivity contribution in [2.75, 3.05) is 26.0 Å². The highest BCUT2D eigenvalue weighted by Crippen LogP contribution is 2.21. The summed E-state index contributed by atoms with van der Waals surface area (Å²) in [7, 11) is 1.53. The second-order valence-electron chi connectivity index (χ2n) is 5.54. The molecular weight excluding hydrogens is 407 g/mol. The number of ether oxygens (including phenoxy) is 1. The smallest absolute Gasteiger partial charge is 0.385 e. The van der Waals surface area contributed by atoms with Crippen LogP contribution in [0.2, 0.25) is 5.02 Å². The van der Waals surface area contributed by atoms with Gasteiger partial charge in [-0.1, -0.05) is 23.4 Å². The van der Waals surface area contributed by atoms with Crippen LogP contribution in [0.25, 0.3) is 10.9 Å². The van der Waals surface area contributed by atoms with Crippen molar-refractivity contribution in [1.29, 1.82) is 0 Å². The van der Waals surface area contributed by atoms with Gasteiger partial charge in [0.05, 0.1) is 16.7 Å². The van der Waals surface area contributed by atoms with Crippen LogP contribution in [0.5, 0.6) is 0 Å². The third-order valence-corrected chi connectivity index (χ3v) is 4.64. The Balaban J connectivity index is 2.25. The van der Waals surface area contributed by atoms with Crippen molar-refractivity contribution in [2.24, 2.45) is 0 Å². The van der Waals surface area contributed by atoms with E-state index in [4.69, 9.17) is 16.3 Å². The molecule has 1 N–H and O–H groups in total. The Labute approximate surface area is 162 Å². The van der Waals surface area contributed by atoms with Gasteiger partial charge in [0, 0.05) is 25.3 Å². The Morgan fingerprint density at radius 3 is 2.81 bits per heavy atom. The molecule has 0 aliphatic rings. The summed E-state index contributed by atoms with van der Waals surface area (Å²) in [5, 5.41) is 2.77. The first kappa shape index (κ1) is 21.5. The highest BCUT2D eigenvalue weighted by molar-refractivity contribution is 7.99. The first-order chi connectivity index (χ1) is 12.7. The molecule has 27 heavy (non-hydrogen) atoms. The minimum atomic E-state index is -4.49. The molecule has 0 saturated heterocycles. The van der Waals surface area contributed by atoms with Crippen molar-refractivity contribution in [3.05, 3.63) is 33.6 Å². The molecule has 2 rings (SSSR count). The molecule has 0 aliphatic carbocycles. The van der Waals surface area contributed by atoms with Gasteiger partial charge in [0.25, 0.3) is 5.56 Å². The summed E-state index contributed by atoms with van der Waals surface area (Å²) in [4.78, 5) is 28.7. The van der Waals surface area contributed by atoms with Crippen LogP contribution in [0.4, 0.5) is 13.2 Å². The minimum absolute atomic E-state index is 0.230. The molecule has 11 heteroatoms. The zero-order valence-corrected chi connectivity index (χ0v) is 15.9. The van der Waals surface area contributed by atoms with Crippen LogP contribution in [-0.2, 0) is 16.1 Å². The summed E-state index contributed by atoms with van der Waals surface area (Å²) in [5.74, 6) is -1.11. The number of carbonyl (C=O) groups is 1. The lowest BCUT2D eigenvalue weighted by Crippen LogP contribution is -2.35. The molecule has 1 amide bonds. The van der Waals surface area contributed by atoms with Gasteiger partial charge in [-0.15, -0.1) is 0 Å². The van der Waals surface area contributed by atoms with E-state index in [1.54, 1.807) is 17.4 Å². The number of methoxy groups -OCH3 is 1. The molecule has 0 spiro atoms. The molecule has 0 radical (unpaired) electrons. The van der Waals surface area contributed by atoms with Gasteiger partial charge in [-0.05, 0) is 24.6 Å². The number of hydrogen-bond acceptors (Lipinski definition) is 5. The molecule has 148 valence electrons. The van der Waals surface area contributed by atoms with E-state index in [0.717, 1.165) is 11.8 Å². The molecule has 0 saturated carbocycles. The number of alkyl halides is 3. The van der Waals surface area contributed by atoms with Gasteiger partial charge < -0.3 is 10.1 Å². The number of rotatable bonds is 8. The van der Waals surface area contributed by atoms with Crippen LogP contribution in [0.1, 0.15) is 6.42 Å². The van der Waals surface area contributed by atoms with Gasteiger partial charge in [0.1, 0.15) is 6.54 Å². The first-order valence-corrected chi connectivity index (χ1v) is 9.23. The standard InChI is InChI=1S/C16H17ClF3N3O3S/c1-26-6-2-5-23-14(25)11-4-3-10(17)7-12(11)22-15(23)27-8-13(24)21-9-16(18,19)20/h3-4,7H,2,5-6,8-9H2,1H3,(H,21,24). The van der Waals surface area contributed by atoms with Crippen molar-refractivity contribution in [3.8, 4) is 0 Å². The van der Waals surface area contributed by atoms with E-state index in [-0.39, 0.29) is 16.5 Å². The lowest BCUT2D eigenvalue weighted by Gasteiger charge is -2.13. The Morgan fingerprint density at radius 1 is 1.41 bits per heavy atom. The quantitative estimate of drug-likeness (QED) is 0.401. The van der Waals surface area contributed by atoms with Crippen molar-refractivity contribution < 1.29 is 22.7 Å². The van der Waals surface area contributed by atoms with Crippen LogP contribution in [-0.4, -0.2) is 47.6 Å². The van der Waals surface area contributed by atoms with E-state index in [0.29, 0.717) is 35.5 Å². The number of benzene rings is 1. The maximum absolute atomic E-state index is 12.7. The van der Waals surface area contributed by atoms with Gasteiger partial charge >= 0.3 is 6.18 Å². The Bertz CT molecular complexity index is 874. The summed E-state index contributed by atoms with van der Waals surface area (Å²) in [5.41, 5.74) is 0.0414. The molecule has 0 aliphatic heterocycles. The van der Waals surface area contributed by atoms with E-state index in [2.05, 4.69) is 4.98 Å². The second kappa shape index (κ2) is 9.43. The Hall–Kier alpha value is -1.78. The number of nitrogens with zero attached hydrogens (tertiary/aromatic N) is 2. The number of amides is 1. The van der Waals surface area contributed by atoms with Crippen LogP contribution < -0.4 is 10.9 Å². The topological polar surface area (TPSA) is 73.2 Å². The van der Waals surface area contributed by atoms with Gasteiger partial charge in [0.2, 0.25) is 5.91 Å². The molecule has 1 aromatic heterocycles. The van der Waals surface area contributed by atoms with Gasteiger partial charge in [0.15, 0.2) is 5.16 Å². The predicted molar refractivity (Wildman–Crippen MR) is 97.3 cm³/mol. The lowest BCUT2D eigenvalue weighted by atomic mass is 10.2. The molecular formula is C16H17ClF3N3O3S.